The lowest BCUT2D eigenvalue weighted by atomic mass is 9.84. The van der Waals surface area contributed by atoms with Crippen molar-refractivity contribution in [2.45, 2.75) is 96.1 Å². The molecule has 0 radical (unpaired) electrons. The van der Waals surface area contributed by atoms with Crippen molar-refractivity contribution < 1.29 is 24.2 Å². The molecule has 0 unspecified atom stereocenters. The molecular weight excluding hydrogens is 376 g/mol. The molecule has 1 aliphatic carbocycles. The first kappa shape index (κ1) is 23.3. The van der Waals surface area contributed by atoms with Crippen molar-refractivity contribution in [3.05, 3.63) is 0 Å². The fourth-order valence-electron chi connectivity index (χ4n) is 4.23. The molecule has 2 fully saturated rings. The highest BCUT2D eigenvalue weighted by atomic mass is 16.6. The highest BCUT2D eigenvalue weighted by Gasteiger charge is 2.43. The van der Waals surface area contributed by atoms with E-state index >= 15 is 0 Å². The Morgan fingerprint density at radius 2 is 1.86 bits per heavy atom. The number of nitrogens with one attached hydrogen (secondary N) is 2. The first-order valence-corrected chi connectivity index (χ1v) is 10.4. The van der Waals surface area contributed by atoms with Crippen LogP contribution in [0.3, 0.4) is 0 Å². The zero-order valence-corrected chi connectivity index (χ0v) is 18.4. The predicted octanol–water partition coefficient (Wildman–Crippen LogP) is 2.01. The van der Waals surface area contributed by atoms with E-state index in [1.165, 1.54) is 0 Å². The third-order valence-electron chi connectivity index (χ3n) is 5.82. The van der Waals surface area contributed by atoms with Crippen LogP contribution in [-0.4, -0.2) is 82.4 Å². The summed E-state index contributed by atoms with van der Waals surface area (Å²) in [5, 5.41) is 14.2. The van der Waals surface area contributed by atoms with Crippen LogP contribution in [0, 0.1) is 0 Å². The minimum atomic E-state index is -1.20. The number of likely N-dealkylation sites (tertiary alicyclic amines) is 1. The van der Waals surface area contributed by atoms with Crippen molar-refractivity contribution in [1.29, 1.82) is 0 Å². The Bertz CT molecular complexity index is 618. The summed E-state index contributed by atoms with van der Waals surface area (Å²) in [7, 11) is 2.08. The van der Waals surface area contributed by atoms with Crippen molar-refractivity contribution >= 4 is 18.1 Å². The lowest BCUT2D eigenvalue weighted by Crippen LogP contribution is -2.59. The van der Waals surface area contributed by atoms with Gasteiger partial charge in [-0.15, -0.1) is 0 Å². The molecule has 9 heteroatoms. The third kappa shape index (κ3) is 6.22. The van der Waals surface area contributed by atoms with Gasteiger partial charge in [0.15, 0.2) is 0 Å². The summed E-state index contributed by atoms with van der Waals surface area (Å²) >= 11 is 0. The summed E-state index contributed by atoms with van der Waals surface area (Å²) in [5.41, 5.74) is -0.609. The molecule has 1 saturated heterocycles. The zero-order chi connectivity index (χ0) is 21.9. The molecule has 0 aromatic heterocycles. The van der Waals surface area contributed by atoms with Crippen LogP contribution >= 0.6 is 0 Å². The molecular formula is C20H36N4O5. The van der Waals surface area contributed by atoms with E-state index < -0.39 is 23.8 Å². The normalized spacial score (nSPS) is 28.0. The van der Waals surface area contributed by atoms with Gasteiger partial charge in [0, 0.05) is 18.6 Å². The van der Waals surface area contributed by atoms with E-state index in [0.29, 0.717) is 25.4 Å². The van der Waals surface area contributed by atoms with Crippen LogP contribution in [0.1, 0.15) is 60.3 Å². The molecule has 4 atom stereocenters. The van der Waals surface area contributed by atoms with Gasteiger partial charge in [-0.1, -0.05) is 0 Å². The number of hydrogen-bond donors (Lipinski definition) is 3. The molecule has 0 aromatic carbocycles. The molecule has 1 heterocycles. The van der Waals surface area contributed by atoms with Crippen LogP contribution in [0.5, 0.6) is 0 Å². The van der Waals surface area contributed by atoms with E-state index in [1.54, 1.807) is 4.90 Å². The average Bonchev–Trinajstić information content (AvgIpc) is 2.92. The van der Waals surface area contributed by atoms with E-state index in [-0.39, 0.29) is 24.0 Å². The van der Waals surface area contributed by atoms with E-state index in [2.05, 4.69) is 36.4 Å². The Hall–Kier alpha value is -2.03. The maximum Gasteiger partial charge on any atom is 0.407 e. The fourth-order valence-corrected chi connectivity index (χ4v) is 4.23. The van der Waals surface area contributed by atoms with Crippen molar-refractivity contribution in [3.8, 4) is 0 Å². The number of hydrogen-bond acceptors (Lipinski definition) is 5. The van der Waals surface area contributed by atoms with E-state index in [1.807, 2.05) is 20.8 Å². The second-order valence-electron chi connectivity index (χ2n) is 9.37. The number of ether oxygens (including phenoxy) is 1. The zero-order valence-electron chi connectivity index (χ0n) is 18.4. The molecule has 2 aliphatic rings. The average molecular weight is 413 g/mol. The summed E-state index contributed by atoms with van der Waals surface area (Å²) in [6.07, 6.45) is 1.11. The van der Waals surface area contributed by atoms with Crippen LogP contribution in [-0.2, 0) is 9.53 Å². The van der Waals surface area contributed by atoms with Crippen LogP contribution in [0.25, 0.3) is 0 Å². The summed E-state index contributed by atoms with van der Waals surface area (Å²) in [6.45, 7) is 10.2. The third-order valence-corrected chi connectivity index (χ3v) is 5.82. The van der Waals surface area contributed by atoms with Crippen LogP contribution in [0.2, 0.25) is 0 Å². The highest BCUT2D eigenvalue weighted by Crippen LogP contribution is 2.30. The van der Waals surface area contributed by atoms with Crippen LogP contribution in [0.15, 0.2) is 0 Å². The van der Waals surface area contributed by atoms with Crippen molar-refractivity contribution in [3.63, 3.8) is 0 Å². The number of carbonyl (C=O) groups excluding carboxylic acids is 2. The number of amides is 3. The maximum absolute atomic E-state index is 12.8. The Kier molecular flexibility index (Phi) is 7.37. The molecule has 3 amide bonds. The fraction of sp³-hybridized carbons (Fsp3) is 0.850. The topological polar surface area (TPSA) is 111 Å². The van der Waals surface area contributed by atoms with Gasteiger partial charge in [-0.2, -0.15) is 0 Å². The Morgan fingerprint density at radius 1 is 1.21 bits per heavy atom. The highest BCUT2D eigenvalue weighted by molar-refractivity contribution is 5.87. The van der Waals surface area contributed by atoms with E-state index in [4.69, 9.17) is 9.84 Å². The lowest BCUT2D eigenvalue weighted by molar-refractivity contribution is -0.132. The molecule has 166 valence electrons. The monoisotopic (exact) mass is 412 g/mol. The second-order valence-corrected chi connectivity index (χ2v) is 9.37. The molecule has 0 bridgehead atoms. The molecule has 1 saturated carbocycles. The maximum atomic E-state index is 12.8. The first-order chi connectivity index (χ1) is 13.4. The molecule has 3 N–H and O–H groups in total. The Labute approximate surface area is 173 Å². The van der Waals surface area contributed by atoms with Crippen LogP contribution < -0.4 is 10.6 Å². The first-order valence-electron chi connectivity index (χ1n) is 10.4. The summed E-state index contributed by atoms with van der Waals surface area (Å²) < 4.78 is 5.44. The lowest BCUT2D eigenvalue weighted by Gasteiger charge is -2.44. The summed E-state index contributed by atoms with van der Waals surface area (Å²) in [5.74, 6) is -0.218. The van der Waals surface area contributed by atoms with Gasteiger partial charge in [-0.25, -0.2) is 9.59 Å². The van der Waals surface area contributed by atoms with Gasteiger partial charge < -0.3 is 30.3 Å². The molecule has 1 aliphatic heterocycles. The van der Waals surface area contributed by atoms with Crippen molar-refractivity contribution in [2.24, 2.45) is 0 Å². The molecule has 2 rings (SSSR count). The number of alkyl carbamates (subject to hydrolysis) is 1. The SMILES string of the molecule is CC(C)N(C)[C@@H]1CC[C@H](N2CC[C@H](NC(=O)O)C2=O)[C@H](NC(=O)OC(C)(C)C)C1. The quantitative estimate of drug-likeness (QED) is 0.637. The van der Waals surface area contributed by atoms with Gasteiger partial charge in [-0.05, 0) is 67.3 Å². The second kappa shape index (κ2) is 9.19. The largest absolute Gasteiger partial charge is 0.465 e. The standard InChI is InChI=1S/C20H36N4O5/c1-12(2)23(6)13-7-8-16(15(11-13)22-19(28)29-20(3,4)5)24-10-9-14(17(24)25)21-18(26)27/h12-16,21H,7-11H2,1-6H3,(H,22,28)(H,26,27)/t13-,14+,15-,16+/m1/s1. The summed E-state index contributed by atoms with van der Waals surface area (Å²) in [4.78, 5) is 40.2. The van der Waals surface area contributed by atoms with Gasteiger partial charge >= 0.3 is 12.2 Å². The molecule has 9 nitrogen and oxygen atoms in total. The van der Waals surface area contributed by atoms with Gasteiger partial charge in [0.2, 0.25) is 5.91 Å². The van der Waals surface area contributed by atoms with Gasteiger partial charge in [0.05, 0.1) is 12.1 Å². The molecule has 0 aromatic rings. The van der Waals surface area contributed by atoms with Gasteiger partial charge in [0.1, 0.15) is 11.6 Å². The van der Waals surface area contributed by atoms with E-state index in [9.17, 15) is 14.4 Å². The Balaban J connectivity index is 2.15. The van der Waals surface area contributed by atoms with E-state index in [0.717, 1.165) is 12.8 Å². The van der Waals surface area contributed by atoms with Crippen LogP contribution in [0.4, 0.5) is 9.59 Å². The minimum Gasteiger partial charge on any atom is -0.465 e. The molecule has 0 spiro atoms. The number of carboxylic acid groups (broad SMARTS) is 1. The smallest absolute Gasteiger partial charge is 0.407 e. The summed E-state index contributed by atoms with van der Waals surface area (Å²) in [6, 6.07) is -0.483. The predicted molar refractivity (Wildman–Crippen MR) is 109 cm³/mol. The molecule has 29 heavy (non-hydrogen) atoms. The van der Waals surface area contributed by atoms with Crippen molar-refractivity contribution in [1.82, 2.24) is 20.4 Å². The van der Waals surface area contributed by atoms with Gasteiger partial charge in [0.25, 0.3) is 0 Å². The van der Waals surface area contributed by atoms with Gasteiger partial charge in [-0.3, -0.25) is 4.79 Å². The Morgan fingerprint density at radius 3 is 2.41 bits per heavy atom. The number of nitrogens with zero attached hydrogens (tertiary/aromatic N) is 2. The minimum absolute atomic E-state index is 0.174. The number of rotatable bonds is 5. The van der Waals surface area contributed by atoms with Crippen molar-refractivity contribution in [2.75, 3.05) is 13.6 Å². The number of carbonyl (C=O) groups is 3.